The quantitative estimate of drug-likeness (QED) is 0.721. The fourth-order valence-corrected chi connectivity index (χ4v) is 3.23. The summed E-state index contributed by atoms with van der Waals surface area (Å²) in [6.07, 6.45) is 1.61. The fourth-order valence-electron chi connectivity index (χ4n) is 3.04. The molecular formula is C18H26ClN3O3. The van der Waals surface area contributed by atoms with Gasteiger partial charge in [-0.1, -0.05) is 23.7 Å². The predicted molar refractivity (Wildman–Crippen MR) is 97.9 cm³/mol. The Balaban J connectivity index is 2.01. The first-order valence-electron chi connectivity index (χ1n) is 8.63. The summed E-state index contributed by atoms with van der Waals surface area (Å²) in [5, 5.41) is 8.94. The molecule has 1 heterocycles. The first kappa shape index (κ1) is 19.5. The Morgan fingerprint density at radius 2 is 2.00 bits per heavy atom. The molecule has 1 aromatic rings. The van der Waals surface area contributed by atoms with E-state index in [1.807, 2.05) is 31.2 Å². The maximum atomic E-state index is 12.2. The van der Waals surface area contributed by atoms with Crippen molar-refractivity contribution in [3.05, 3.63) is 34.9 Å². The lowest BCUT2D eigenvalue weighted by atomic mass is 9.74. The van der Waals surface area contributed by atoms with Crippen LogP contribution in [-0.4, -0.2) is 44.3 Å². The van der Waals surface area contributed by atoms with Crippen molar-refractivity contribution in [2.24, 2.45) is 0 Å². The van der Waals surface area contributed by atoms with Crippen molar-refractivity contribution in [3.8, 4) is 0 Å². The van der Waals surface area contributed by atoms with Crippen LogP contribution in [0.2, 0.25) is 5.02 Å². The van der Waals surface area contributed by atoms with Crippen molar-refractivity contribution in [2.45, 2.75) is 38.1 Å². The van der Waals surface area contributed by atoms with Crippen LogP contribution in [-0.2, 0) is 14.9 Å². The zero-order valence-electron chi connectivity index (χ0n) is 14.7. The highest BCUT2D eigenvalue weighted by Crippen LogP contribution is 2.35. The van der Waals surface area contributed by atoms with Crippen LogP contribution in [0, 0.1) is 0 Å². The third kappa shape index (κ3) is 5.34. The average Bonchev–Trinajstić information content (AvgIpc) is 2.61. The van der Waals surface area contributed by atoms with E-state index < -0.39 is 6.04 Å². The van der Waals surface area contributed by atoms with E-state index in [1.54, 1.807) is 6.92 Å². The van der Waals surface area contributed by atoms with Crippen LogP contribution in [0.4, 0.5) is 4.79 Å². The van der Waals surface area contributed by atoms with Gasteiger partial charge in [0.2, 0.25) is 5.91 Å². The van der Waals surface area contributed by atoms with Crippen LogP contribution in [0.15, 0.2) is 24.3 Å². The summed E-state index contributed by atoms with van der Waals surface area (Å²) in [7, 11) is 0. The molecule has 1 atom stereocenters. The van der Waals surface area contributed by atoms with E-state index in [-0.39, 0.29) is 17.4 Å². The van der Waals surface area contributed by atoms with E-state index in [0.717, 1.165) is 18.4 Å². The maximum Gasteiger partial charge on any atom is 0.315 e. The van der Waals surface area contributed by atoms with Gasteiger partial charge in [0.05, 0.1) is 0 Å². The highest BCUT2D eigenvalue weighted by molar-refractivity contribution is 6.30. The second kappa shape index (κ2) is 9.06. The number of carbonyl (C=O) groups excluding carboxylic acids is 2. The monoisotopic (exact) mass is 367 g/mol. The number of hydrogen-bond acceptors (Lipinski definition) is 3. The Bertz CT molecular complexity index is 603. The van der Waals surface area contributed by atoms with Gasteiger partial charge in [-0.2, -0.15) is 0 Å². The topological polar surface area (TPSA) is 79.5 Å². The average molecular weight is 368 g/mol. The van der Waals surface area contributed by atoms with Crippen LogP contribution in [0.25, 0.3) is 0 Å². The third-order valence-corrected chi connectivity index (χ3v) is 4.80. The van der Waals surface area contributed by atoms with Crippen LogP contribution >= 0.6 is 11.6 Å². The Kier molecular flexibility index (Phi) is 7.08. The Hall–Kier alpha value is -1.79. The molecule has 1 aliphatic rings. The number of likely N-dealkylation sites (N-methyl/N-ethyl adjacent to an activating group) is 1. The molecule has 0 aromatic heterocycles. The van der Waals surface area contributed by atoms with Gasteiger partial charge in [0, 0.05) is 36.7 Å². The zero-order valence-corrected chi connectivity index (χ0v) is 15.5. The Labute approximate surface area is 153 Å². The smallest absolute Gasteiger partial charge is 0.315 e. The van der Waals surface area contributed by atoms with Crippen LogP contribution < -0.4 is 16.0 Å². The number of urea groups is 1. The lowest BCUT2D eigenvalue weighted by Gasteiger charge is -2.38. The lowest BCUT2D eigenvalue weighted by molar-refractivity contribution is -0.122. The van der Waals surface area contributed by atoms with E-state index in [1.165, 1.54) is 0 Å². The maximum absolute atomic E-state index is 12.2. The minimum absolute atomic E-state index is 0.201. The normalized spacial score (nSPS) is 17.4. The number of halogens is 1. The van der Waals surface area contributed by atoms with Crippen molar-refractivity contribution < 1.29 is 14.3 Å². The molecule has 0 bridgehead atoms. The molecule has 0 spiro atoms. The van der Waals surface area contributed by atoms with Gasteiger partial charge in [-0.05, 0) is 44.4 Å². The van der Waals surface area contributed by atoms with Gasteiger partial charge in [-0.3, -0.25) is 4.79 Å². The van der Waals surface area contributed by atoms with Gasteiger partial charge in [-0.25, -0.2) is 4.79 Å². The van der Waals surface area contributed by atoms with Gasteiger partial charge in [-0.15, -0.1) is 0 Å². The van der Waals surface area contributed by atoms with E-state index in [2.05, 4.69) is 16.0 Å². The van der Waals surface area contributed by atoms with Crippen LogP contribution in [0.3, 0.4) is 0 Å². The molecule has 0 saturated carbocycles. The number of nitrogens with one attached hydrogen (secondary N) is 3. The van der Waals surface area contributed by atoms with Gasteiger partial charge in [0.15, 0.2) is 0 Å². The summed E-state index contributed by atoms with van der Waals surface area (Å²) in [5.74, 6) is -0.201. The Morgan fingerprint density at radius 3 is 2.64 bits per heavy atom. The van der Waals surface area contributed by atoms with Gasteiger partial charge < -0.3 is 20.7 Å². The molecule has 0 aliphatic carbocycles. The van der Waals surface area contributed by atoms with Crippen LogP contribution in [0.5, 0.6) is 0 Å². The van der Waals surface area contributed by atoms with Gasteiger partial charge in [0.25, 0.3) is 0 Å². The highest BCUT2D eigenvalue weighted by atomic mass is 35.5. The van der Waals surface area contributed by atoms with Crippen LogP contribution in [0.1, 0.15) is 32.3 Å². The Morgan fingerprint density at radius 1 is 1.28 bits per heavy atom. The molecule has 0 unspecified atom stereocenters. The molecule has 2 rings (SSSR count). The summed E-state index contributed by atoms with van der Waals surface area (Å²) >= 11 is 6.15. The fraction of sp³-hybridized carbons (Fsp3) is 0.556. The van der Waals surface area contributed by atoms with Crippen molar-refractivity contribution in [2.75, 3.05) is 26.3 Å². The largest absolute Gasteiger partial charge is 0.381 e. The number of amides is 3. The number of ether oxygens (including phenoxy) is 1. The summed E-state index contributed by atoms with van der Waals surface area (Å²) in [4.78, 5) is 23.9. The van der Waals surface area contributed by atoms with Gasteiger partial charge >= 0.3 is 6.03 Å². The number of carbonyl (C=O) groups is 2. The number of benzene rings is 1. The second-order valence-electron chi connectivity index (χ2n) is 6.35. The molecule has 1 saturated heterocycles. The number of hydrogen-bond donors (Lipinski definition) is 3. The summed E-state index contributed by atoms with van der Waals surface area (Å²) < 4.78 is 5.49. The van der Waals surface area contributed by atoms with Crippen molar-refractivity contribution >= 4 is 23.5 Å². The molecule has 25 heavy (non-hydrogen) atoms. The molecule has 1 aromatic carbocycles. The summed E-state index contributed by atoms with van der Waals surface area (Å²) in [6, 6.07) is 6.80. The van der Waals surface area contributed by atoms with Crippen molar-refractivity contribution in [1.82, 2.24) is 16.0 Å². The second-order valence-corrected chi connectivity index (χ2v) is 6.78. The van der Waals surface area contributed by atoms with E-state index in [9.17, 15) is 9.59 Å². The molecule has 6 nitrogen and oxygen atoms in total. The van der Waals surface area contributed by atoms with E-state index in [0.29, 0.717) is 31.3 Å². The standard InChI is InChI=1S/C18H26ClN3O3/c1-3-20-16(23)13(2)22-17(24)21-12-18(7-9-25-10-8-18)14-5-4-6-15(19)11-14/h4-6,11,13H,3,7-10,12H2,1-2H3,(H,20,23)(H2,21,22,24)/t13-/m1/s1. The van der Waals surface area contributed by atoms with E-state index in [4.69, 9.17) is 16.3 Å². The van der Waals surface area contributed by atoms with E-state index >= 15 is 0 Å². The SMILES string of the molecule is CCNC(=O)[C@@H](C)NC(=O)NCC1(c2cccc(Cl)c2)CCOCC1. The lowest BCUT2D eigenvalue weighted by Crippen LogP contribution is -2.52. The molecule has 1 aliphatic heterocycles. The van der Waals surface area contributed by atoms with Crippen molar-refractivity contribution in [3.63, 3.8) is 0 Å². The molecule has 7 heteroatoms. The third-order valence-electron chi connectivity index (χ3n) is 4.57. The molecule has 3 amide bonds. The number of rotatable bonds is 6. The molecule has 138 valence electrons. The first-order chi connectivity index (χ1) is 12.0. The summed E-state index contributed by atoms with van der Waals surface area (Å²) in [6.45, 7) is 5.78. The minimum Gasteiger partial charge on any atom is -0.381 e. The molecule has 1 fully saturated rings. The minimum atomic E-state index is -0.586. The van der Waals surface area contributed by atoms with Gasteiger partial charge in [0.1, 0.15) is 6.04 Å². The highest BCUT2D eigenvalue weighted by Gasteiger charge is 2.35. The summed E-state index contributed by atoms with van der Waals surface area (Å²) in [5.41, 5.74) is 0.885. The predicted octanol–water partition coefficient (Wildman–Crippen LogP) is 2.21. The molecule has 3 N–H and O–H groups in total. The zero-order chi connectivity index (χ0) is 18.3. The van der Waals surface area contributed by atoms with Crippen molar-refractivity contribution in [1.29, 1.82) is 0 Å². The first-order valence-corrected chi connectivity index (χ1v) is 9.00. The molecular weight excluding hydrogens is 342 g/mol. The molecule has 0 radical (unpaired) electrons.